The molecule has 0 aliphatic carbocycles. The third kappa shape index (κ3) is 3.77. The van der Waals surface area contributed by atoms with E-state index >= 15 is 0 Å². The molecule has 0 unspecified atom stereocenters. The third-order valence-corrected chi connectivity index (χ3v) is 4.77. The number of nitrogens with one attached hydrogen (secondary N) is 2. The first-order chi connectivity index (χ1) is 13.9. The summed E-state index contributed by atoms with van der Waals surface area (Å²) in [4.78, 5) is 11.0. The fourth-order valence-corrected chi connectivity index (χ4v) is 3.30. The molecule has 0 bridgehead atoms. The molecule has 12 heteroatoms. The van der Waals surface area contributed by atoms with Crippen LogP contribution >= 0.6 is 0 Å². The van der Waals surface area contributed by atoms with Gasteiger partial charge in [-0.3, -0.25) is 4.79 Å². The highest BCUT2D eigenvalue weighted by Gasteiger charge is 2.43. The lowest BCUT2D eigenvalue weighted by atomic mass is 10.1. The van der Waals surface area contributed by atoms with Gasteiger partial charge < -0.3 is 15.0 Å². The predicted octanol–water partition coefficient (Wildman–Crippen LogP) is 1.52. The summed E-state index contributed by atoms with van der Waals surface area (Å²) >= 11 is 0. The van der Waals surface area contributed by atoms with Crippen LogP contribution in [0.5, 0.6) is 0 Å². The molecule has 2 aromatic rings. The maximum absolute atomic E-state index is 14.3. The van der Waals surface area contributed by atoms with Crippen LogP contribution in [-0.4, -0.2) is 43.3 Å². The molecule has 10 nitrogen and oxygen atoms in total. The molecule has 1 aliphatic rings. The molecule has 1 amide bonds. The van der Waals surface area contributed by atoms with Gasteiger partial charge in [0.2, 0.25) is 5.69 Å². The number of aliphatic hydroxyl groups is 1. The largest absolute Gasteiger partial charge is 0.375 e. The first kappa shape index (κ1) is 21.8. The topological polar surface area (TPSA) is 134 Å². The number of hydrogen-bond donors (Lipinski definition) is 5. The number of quaternary nitrogens is 1. The summed E-state index contributed by atoms with van der Waals surface area (Å²) < 4.78 is 29.2. The Kier molecular flexibility index (Phi) is 5.37. The number of nitrogens with zero attached hydrogens (tertiary/aromatic N) is 4. The van der Waals surface area contributed by atoms with Crippen molar-refractivity contribution in [3.63, 3.8) is 0 Å². The molecule has 30 heavy (non-hydrogen) atoms. The van der Waals surface area contributed by atoms with Gasteiger partial charge in [-0.15, -0.1) is 0 Å². The van der Waals surface area contributed by atoms with Gasteiger partial charge in [-0.1, -0.05) is 0 Å². The molecule has 0 spiro atoms. The van der Waals surface area contributed by atoms with Crippen LogP contribution in [0.3, 0.4) is 0 Å². The number of halogens is 2. The smallest absolute Gasteiger partial charge is 0.272 e. The van der Waals surface area contributed by atoms with Crippen LogP contribution in [0.4, 0.5) is 20.2 Å². The third-order valence-electron chi connectivity index (χ3n) is 4.77. The zero-order chi connectivity index (χ0) is 22.4. The molecular formula is C18H21F2N6O4+. The molecule has 2 heterocycles. The van der Waals surface area contributed by atoms with Crippen molar-refractivity contribution in [2.75, 3.05) is 11.9 Å². The molecule has 1 aliphatic heterocycles. The van der Waals surface area contributed by atoms with Gasteiger partial charge in [0.05, 0.1) is 22.4 Å². The van der Waals surface area contributed by atoms with E-state index in [-0.39, 0.29) is 29.9 Å². The van der Waals surface area contributed by atoms with Crippen LogP contribution in [0, 0.1) is 23.0 Å². The van der Waals surface area contributed by atoms with Crippen LogP contribution < -0.4 is 15.8 Å². The number of rotatable bonds is 3. The number of hydrazine groups is 1. The Hall–Kier alpha value is -2.92. The summed E-state index contributed by atoms with van der Waals surface area (Å²) in [6, 6.07) is 3.24. The van der Waals surface area contributed by atoms with Gasteiger partial charge in [0.1, 0.15) is 28.9 Å². The van der Waals surface area contributed by atoms with E-state index in [2.05, 4.69) is 10.9 Å². The van der Waals surface area contributed by atoms with E-state index in [0.717, 1.165) is 12.1 Å². The minimum absolute atomic E-state index is 0.00257. The fraction of sp³-hybridized carbons (Fsp3) is 0.333. The van der Waals surface area contributed by atoms with Crippen molar-refractivity contribution in [3.8, 4) is 6.07 Å². The van der Waals surface area contributed by atoms with Crippen molar-refractivity contribution in [2.45, 2.75) is 26.0 Å². The van der Waals surface area contributed by atoms with Crippen LogP contribution in [0.1, 0.15) is 35.5 Å². The average molecular weight is 423 g/mol. The lowest BCUT2D eigenvalue weighted by Crippen LogP contribution is -2.65. The first-order valence-corrected chi connectivity index (χ1v) is 8.87. The van der Waals surface area contributed by atoms with Crippen LogP contribution in [0.25, 0.3) is 0 Å². The van der Waals surface area contributed by atoms with Crippen LogP contribution in [0.15, 0.2) is 18.3 Å². The molecule has 0 fully saturated rings. The summed E-state index contributed by atoms with van der Waals surface area (Å²) in [6.45, 7) is 2.98. The molecule has 0 radical (unpaired) electrons. The Morgan fingerprint density at radius 3 is 2.63 bits per heavy atom. The van der Waals surface area contributed by atoms with Gasteiger partial charge in [0.25, 0.3) is 5.91 Å². The molecule has 0 saturated carbocycles. The number of benzene rings is 1. The van der Waals surface area contributed by atoms with Gasteiger partial charge in [0, 0.05) is 13.6 Å². The zero-order valence-corrected chi connectivity index (χ0v) is 16.4. The summed E-state index contributed by atoms with van der Waals surface area (Å²) in [5, 5.41) is 43.4. The molecule has 160 valence electrons. The standard InChI is InChI=1S/C18H20F2N6O4/c1-18(2,28)25-7-6-10-14(26(29,30)23-25)9-24(3)16(10)17(27)22-13-5-4-12(19)11(8-21)15(13)20/h4-5,9,23,28-30H,6-7H2,1-3H3/p+1. The molecule has 5 N–H and O–H groups in total. The second kappa shape index (κ2) is 7.40. The van der Waals surface area contributed by atoms with Crippen molar-refractivity contribution in [2.24, 2.45) is 7.05 Å². The van der Waals surface area contributed by atoms with E-state index in [1.165, 1.54) is 42.7 Å². The van der Waals surface area contributed by atoms with Crippen molar-refractivity contribution >= 4 is 17.3 Å². The van der Waals surface area contributed by atoms with E-state index in [4.69, 9.17) is 5.26 Å². The van der Waals surface area contributed by atoms with Crippen molar-refractivity contribution in [1.82, 2.24) is 20.0 Å². The monoisotopic (exact) mass is 423 g/mol. The Labute approximate surface area is 170 Å². The van der Waals surface area contributed by atoms with E-state index in [1.807, 2.05) is 0 Å². The van der Waals surface area contributed by atoms with E-state index < -0.39 is 39.4 Å². The normalized spacial score (nSPS) is 16.5. The lowest BCUT2D eigenvalue weighted by molar-refractivity contribution is -0.367. The summed E-state index contributed by atoms with van der Waals surface area (Å²) in [5.74, 6) is -3.07. The van der Waals surface area contributed by atoms with Gasteiger partial charge in [-0.05, 0) is 37.9 Å². The van der Waals surface area contributed by atoms with E-state index in [1.54, 1.807) is 0 Å². The Morgan fingerprint density at radius 2 is 2.03 bits per heavy atom. The summed E-state index contributed by atoms with van der Waals surface area (Å²) in [7, 11) is 1.49. The first-order valence-electron chi connectivity index (χ1n) is 8.87. The highest BCUT2D eigenvalue weighted by atomic mass is 19.1. The van der Waals surface area contributed by atoms with Crippen molar-refractivity contribution < 1.29 is 29.1 Å². The van der Waals surface area contributed by atoms with Crippen LogP contribution in [0.2, 0.25) is 0 Å². The van der Waals surface area contributed by atoms with Gasteiger partial charge in [-0.25, -0.2) is 8.78 Å². The number of aromatic nitrogens is 1. The molecule has 0 atom stereocenters. The molecule has 3 rings (SSSR count). The number of nitriles is 1. The lowest BCUT2D eigenvalue weighted by Gasteiger charge is -2.33. The summed E-state index contributed by atoms with van der Waals surface area (Å²) in [5.41, 5.74) is -0.157. The number of aryl methyl sites for hydroxylation is 1. The van der Waals surface area contributed by atoms with Gasteiger partial charge in [0.15, 0.2) is 5.82 Å². The number of carbonyl (C=O) groups excluding carboxylic acids is 1. The molecule has 1 aromatic heterocycles. The molecule has 1 aromatic carbocycles. The summed E-state index contributed by atoms with van der Waals surface area (Å²) in [6.07, 6.45) is 1.43. The number of anilines is 1. The van der Waals surface area contributed by atoms with Crippen molar-refractivity contribution in [1.29, 1.82) is 5.26 Å². The minimum atomic E-state index is -1.83. The quantitative estimate of drug-likeness (QED) is 0.473. The molecular weight excluding hydrogens is 402 g/mol. The number of carbonyl (C=O) groups is 1. The Balaban J connectivity index is 2.00. The fourth-order valence-electron chi connectivity index (χ4n) is 3.30. The van der Waals surface area contributed by atoms with Gasteiger partial charge >= 0.3 is 0 Å². The van der Waals surface area contributed by atoms with E-state index in [0.29, 0.717) is 0 Å². The number of fused-ring (bicyclic) bond motifs is 1. The minimum Gasteiger partial charge on any atom is -0.375 e. The molecule has 0 saturated heterocycles. The number of amides is 1. The van der Waals surface area contributed by atoms with Gasteiger partial charge in [-0.2, -0.15) is 20.7 Å². The van der Waals surface area contributed by atoms with E-state index in [9.17, 15) is 29.1 Å². The maximum atomic E-state index is 14.3. The Bertz CT molecular complexity index is 1050. The van der Waals surface area contributed by atoms with Crippen molar-refractivity contribution in [3.05, 3.63) is 46.8 Å². The highest BCUT2D eigenvalue weighted by Crippen LogP contribution is 2.32. The maximum Gasteiger partial charge on any atom is 0.272 e. The van der Waals surface area contributed by atoms with Crippen LogP contribution in [-0.2, 0) is 13.5 Å². The SMILES string of the molecule is Cn1cc2c(c1C(=O)Nc1ccc(F)c(C#N)c1F)CCN(C(C)(C)O)N[N+]2(O)O. The average Bonchev–Trinajstić information content (AvgIpc) is 2.91. The second-order valence-electron chi connectivity index (χ2n) is 7.40. The zero-order valence-electron chi connectivity index (χ0n) is 16.4. The highest BCUT2D eigenvalue weighted by molar-refractivity contribution is 6.05. The number of hydrogen-bond acceptors (Lipinski definition) is 7. The Morgan fingerprint density at radius 1 is 1.37 bits per heavy atom. The predicted molar refractivity (Wildman–Crippen MR) is 99.6 cm³/mol. The second-order valence-corrected chi connectivity index (χ2v) is 7.40.